The van der Waals surface area contributed by atoms with Gasteiger partial charge in [-0.1, -0.05) is 15.9 Å². The number of ether oxygens (including phenoxy) is 1. The zero-order valence-corrected chi connectivity index (χ0v) is 14.2. The van der Waals surface area contributed by atoms with Crippen molar-refractivity contribution in [2.75, 3.05) is 0 Å². The average Bonchev–Trinajstić information content (AvgIpc) is 2.29. The van der Waals surface area contributed by atoms with Gasteiger partial charge in [-0.15, -0.1) is 0 Å². The number of hydrogen-bond acceptors (Lipinski definition) is 5. The summed E-state index contributed by atoms with van der Waals surface area (Å²) >= 11 is 3.15. The molecule has 0 heterocycles. The lowest BCUT2D eigenvalue weighted by Gasteiger charge is -2.17. The van der Waals surface area contributed by atoms with Gasteiger partial charge in [0.15, 0.2) is 6.10 Å². The van der Waals surface area contributed by atoms with Crippen molar-refractivity contribution < 1.29 is 22.7 Å². The van der Waals surface area contributed by atoms with Gasteiger partial charge in [-0.3, -0.25) is 10.1 Å². The summed E-state index contributed by atoms with van der Waals surface area (Å²) in [5, 5.41) is 1.84. The van der Waals surface area contributed by atoms with Crippen molar-refractivity contribution in [1.29, 1.82) is 0 Å². The summed E-state index contributed by atoms with van der Waals surface area (Å²) in [4.78, 5) is 21.9. The minimum absolute atomic E-state index is 0.0691. The van der Waals surface area contributed by atoms with Gasteiger partial charge < -0.3 is 10.5 Å². The number of urea groups is 1. The fourth-order valence-corrected chi connectivity index (χ4v) is 3.25. The Bertz CT molecular complexity index is 692. The van der Waals surface area contributed by atoms with Crippen molar-refractivity contribution in [3.63, 3.8) is 0 Å². The molecule has 0 radical (unpaired) electrons. The zero-order chi connectivity index (χ0) is 16.4. The highest BCUT2D eigenvalue weighted by atomic mass is 79.9. The quantitative estimate of drug-likeness (QED) is 0.747. The van der Waals surface area contributed by atoms with Crippen LogP contribution >= 0.6 is 26.6 Å². The molecule has 0 aliphatic rings. The van der Waals surface area contributed by atoms with Gasteiger partial charge >= 0.3 is 6.03 Å². The second kappa shape index (κ2) is 6.63. The van der Waals surface area contributed by atoms with E-state index >= 15 is 0 Å². The third kappa shape index (κ3) is 4.87. The Kier molecular flexibility index (Phi) is 5.60. The van der Waals surface area contributed by atoms with Gasteiger partial charge in [0.1, 0.15) is 10.6 Å². The predicted octanol–water partition coefficient (Wildman–Crippen LogP) is 1.65. The van der Waals surface area contributed by atoms with E-state index in [1.54, 1.807) is 13.0 Å². The summed E-state index contributed by atoms with van der Waals surface area (Å²) in [5.41, 5.74) is 5.27. The van der Waals surface area contributed by atoms with Crippen molar-refractivity contribution in [2.24, 2.45) is 5.73 Å². The van der Waals surface area contributed by atoms with Crippen LogP contribution in [0.2, 0.25) is 0 Å². The molecule has 0 aromatic heterocycles. The van der Waals surface area contributed by atoms with Gasteiger partial charge in [-0.05, 0) is 31.5 Å². The van der Waals surface area contributed by atoms with E-state index in [4.69, 9.17) is 21.2 Å². The van der Waals surface area contributed by atoms with Crippen LogP contribution in [-0.2, 0) is 13.8 Å². The van der Waals surface area contributed by atoms with Crippen LogP contribution in [0.1, 0.15) is 12.5 Å². The summed E-state index contributed by atoms with van der Waals surface area (Å²) in [6.45, 7) is 2.93. The Labute approximate surface area is 134 Å². The fraction of sp³-hybridized carbons (Fsp3) is 0.273. The molecule has 0 aliphatic carbocycles. The number of primary amides is 1. The minimum atomic E-state index is -4.08. The first-order chi connectivity index (χ1) is 9.52. The Morgan fingerprint density at radius 1 is 1.43 bits per heavy atom. The average molecular weight is 400 g/mol. The second-order valence-electron chi connectivity index (χ2n) is 4.10. The summed E-state index contributed by atoms with van der Waals surface area (Å²) in [5.74, 6) is -0.872. The van der Waals surface area contributed by atoms with E-state index in [0.717, 1.165) is 0 Å². The van der Waals surface area contributed by atoms with E-state index in [1.165, 1.54) is 13.0 Å². The molecular formula is C11H12BrClN2O5S. The van der Waals surface area contributed by atoms with Gasteiger partial charge in [0, 0.05) is 15.2 Å². The number of amides is 3. The molecule has 0 fully saturated rings. The van der Waals surface area contributed by atoms with Gasteiger partial charge in [0.2, 0.25) is 0 Å². The fourth-order valence-electron chi connectivity index (χ4n) is 1.48. The van der Waals surface area contributed by atoms with E-state index in [-0.39, 0.29) is 10.6 Å². The van der Waals surface area contributed by atoms with Gasteiger partial charge in [-0.25, -0.2) is 13.2 Å². The molecule has 3 amide bonds. The molecular weight excluding hydrogens is 388 g/mol. The molecule has 21 heavy (non-hydrogen) atoms. The molecule has 3 N–H and O–H groups in total. The van der Waals surface area contributed by atoms with Crippen molar-refractivity contribution in [3.8, 4) is 5.75 Å². The first kappa shape index (κ1) is 17.7. The number of hydrogen-bond donors (Lipinski definition) is 2. The van der Waals surface area contributed by atoms with Gasteiger partial charge in [-0.2, -0.15) is 0 Å². The summed E-state index contributed by atoms with van der Waals surface area (Å²) in [7, 11) is 1.27. The largest absolute Gasteiger partial charge is 0.479 e. The molecule has 0 aliphatic heterocycles. The maximum Gasteiger partial charge on any atom is 0.318 e. The third-order valence-electron chi connectivity index (χ3n) is 2.38. The number of rotatable bonds is 4. The number of aryl methyl sites for hydroxylation is 1. The molecule has 10 heteroatoms. The molecule has 1 atom stereocenters. The first-order valence-electron chi connectivity index (χ1n) is 5.54. The molecule has 0 saturated carbocycles. The number of halogens is 2. The summed E-state index contributed by atoms with van der Waals surface area (Å²) in [6, 6.07) is 1.82. The van der Waals surface area contributed by atoms with Crippen LogP contribution < -0.4 is 15.8 Å². The Balaban J connectivity index is 3.19. The number of carbonyl (C=O) groups excluding carboxylic acids is 2. The highest BCUT2D eigenvalue weighted by Crippen LogP contribution is 2.34. The van der Waals surface area contributed by atoms with Gasteiger partial charge in [0.25, 0.3) is 15.0 Å². The number of imide groups is 1. The van der Waals surface area contributed by atoms with E-state index < -0.39 is 27.1 Å². The van der Waals surface area contributed by atoms with E-state index in [9.17, 15) is 18.0 Å². The Hall–Kier alpha value is -1.32. The van der Waals surface area contributed by atoms with Crippen molar-refractivity contribution >= 4 is 47.6 Å². The van der Waals surface area contributed by atoms with Crippen LogP contribution in [-0.4, -0.2) is 26.5 Å². The summed E-state index contributed by atoms with van der Waals surface area (Å²) < 4.78 is 29.0. The highest BCUT2D eigenvalue weighted by Gasteiger charge is 2.24. The molecule has 0 bridgehead atoms. The number of benzene rings is 1. The Morgan fingerprint density at radius 3 is 2.48 bits per heavy atom. The lowest BCUT2D eigenvalue weighted by molar-refractivity contribution is -0.126. The molecule has 1 aromatic carbocycles. The standard InChI is InChI=1S/C11H12BrClN2O5S/c1-5-3-7(12)4-8(21(13,18)19)9(5)20-6(2)10(16)15-11(14)17/h3-4,6H,1-2H3,(H3,14,15,16,17). The topological polar surface area (TPSA) is 116 Å². The minimum Gasteiger partial charge on any atom is -0.479 e. The first-order valence-corrected chi connectivity index (χ1v) is 8.64. The van der Waals surface area contributed by atoms with Crippen molar-refractivity contribution in [2.45, 2.75) is 24.8 Å². The number of carbonyl (C=O) groups is 2. The van der Waals surface area contributed by atoms with Crippen LogP contribution in [0.5, 0.6) is 5.75 Å². The normalized spacial score (nSPS) is 12.6. The van der Waals surface area contributed by atoms with Crippen LogP contribution in [0.3, 0.4) is 0 Å². The van der Waals surface area contributed by atoms with Crippen LogP contribution in [0.25, 0.3) is 0 Å². The lowest BCUT2D eigenvalue weighted by atomic mass is 10.2. The SMILES string of the molecule is Cc1cc(Br)cc(S(=O)(=O)Cl)c1OC(C)C(=O)NC(N)=O. The van der Waals surface area contributed by atoms with Crippen LogP contribution in [0.4, 0.5) is 4.79 Å². The third-order valence-corrected chi connectivity index (χ3v) is 4.16. The molecule has 0 spiro atoms. The van der Waals surface area contributed by atoms with Crippen molar-refractivity contribution in [3.05, 3.63) is 22.2 Å². The molecule has 116 valence electrons. The molecule has 0 saturated heterocycles. The highest BCUT2D eigenvalue weighted by molar-refractivity contribution is 9.10. The van der Waals surface area contributed by atoms with Crippen LogP contribution in [0.15, 0.2) is 21.5 Å². The molecule has 1 aromatic rings. The smallest absolute Gasteiger partial charge is 0.318 e. The van der Waals surface area contributed by atoms with E-state index in [1.807, 2.05) is 5.32 Å². The maximum atomic E-state index is 11.6. The monoisotopic (exact) mass is 398 g/mol. The molecule has 7 nitrogen and oxygen atoms in total. The maximum absolute atomic E-state index is 11.6. The number of nitrogens with one attached hydrogen (secondary N) is 1. The molecule has 1 rings (SSSR count). The van der Waals surface area contributed by atoms with E-state index in [0.29, 0.717) is 10.0 Å². The summed E-state index contributed by atoms with van der Waals surface area (Å²) in [6.07, 6.45) is -1.14. The lowest BCUT2D eigenvalue weighted by Crippen LogP contribution is -2.42. The zero-order valence-electron chi connectivity index (χ0n) is 11.0. The molecule has 1 unspecified atom stereocenters. The second-order valence-corrected chi connectivity index (χ2v) is 7.55. The Morgan fingerprint density at radius 2 is 2.00 bits per heavy atom. The van der Waals surface area contributed by atoms with E-state index in [2.05, 4.69) is 15.9 Å². The van der Waals surface area contributed by atoms with Crippen molar-refractivity contribution in [1.82, 2.24) is 5.32 Å². The number of nitrogens with two attached hydrogens (primary N) is 1. The predicted molar refractivity (Wildman–Crippen MR) is 79.7 cm³/mol. The van der Waals surface area contributed by atoms with Crippen LogP contribution in [0, 0.1) is 6.92 Å². The van der Waals surface area contributed by atoms with Gasteiger partial charge in [0.05, 0.1) is 0 Å².